The van der Waals surface area contributed by atoms with Crippen LogP contribution in [0, 0.1) is 28.6 Å². The van der Waals surface area contributed by atoms with Crippen LogP contribution in [-0.2, 0) is 4.79 Å². The Morgan fingerprint density at radius 3 is 2.14 bits per heavy atom. The summed E-state index contributed by atoms with van der Waals surface area (Å²) in [5, 5.41) is 8.87. The van der Waals surface area contributed by atoms with Crippen molar-refractivity contribution in [3.05, 3.63) is 0 Å². The van der Waals surface area contributed by atoms with Crippen molar-refractivity contribution in [3.8, 4) is 6.07 Å². The lowest BCUT2D eigenvalue weighted by Gasteiger charge is -2.19. The fraction of sp³-hybridized carbons (Fsp3) is 0.833. The van der Waals surface area contributed by atoms with Gasteiger partial charge in [-0.25, -0.2) is 0 Å². The zero-order valence-corrected chi connectivity index (χ0v) is 9.92. The Hall–Kier alpha value is -0.840. The van der Waals surface area contributed by atoms with E-state index in [9.17, 15) is 4.79 Å². The van der Waals surface area contributed by atoms with Gasteiger partial charge < -0.3 is 0 Å². The highest BCUT2D eigenvalue weighted by atomic mass is 16.1. The molecule has 1 atom stereocenters. The van der Waals surface area contributed by atoms with Crippen LogP contribution < -0.4 is 0 Å². The molecule has 0 saturated heterocycles. The van der Waals surface area contributed by atoms with Crippen LogP contribution in [0.3, 0.4) is 0 Å². The minimum Gasteiger partial charge on any atom is -0.298 e. The summed E-state index contributed by atoms with van der Waals surface area (Å²) in [7, 11) is 0. The van der Waals surface area contributed by atoms with Gasteiger partial charge in [0, 0.05) is 6.42 Å². The maximum absolute atomic E-state index is 11.7. The van der Waals surface area contributed by atoms with E-state index >= 15 is 0 Å². The molecule has 0 aliphatic carbocycles. The summed E-state index contributed by atoms with van der Waals surface area (Å²) in [6, 6.07) is 2.11. The predicted octanol–water partition coefficient (Wildman–Crippen LogP) is 3.18. The van der Waals surface area contributed by atoms with E-state index in [0.29, 0.717) is 18.8 Å². The van der Waals surface area contributed by atoms with Crippen molar-refractivity contribution < 1.29 is 4.79 Å². The SMILES string of the molecule is CC(C)CC(C#N)C(=O)CC(C)(C)C. The highest BCUT2D eigenvalue weighted by Gasteiger charge is 2.24. The van der Waals surface area contributed by atoms with E-state index in [2.05, 4.69) is 6.07 Å². The average molecular weight is 195 g/mol. The smallest absolute Gasteiger partial charge is 0.150 e. The number of ketones is 1. The van der Waals surface area contributed by atoms with Crippen molar-refractivity contribution in [3.63, 3.8) is 0 Å². The van der Waals surface area contributed by atoms with Gasteiger partial charge in [0.15, 0.2) is 5.78 Å². The number of nitrogens with zero attached hydrogens (tertiary/aromatic N) is 1. The third-order valence-electron chi connectivity index (χ3n) is 1.96. The maximum Gasteiger partial charge on any atom is 0.150 e. The van der Waals surface area contributed by atoms with E-state index in [1.807, 2.05) is 34.6 Å². The van der Waals surface area contributed by atoms with Gasteiger partial charge in [-0.05, 0) is 17.8 Å². The molecule has 0 aliphatic heterocycles. The third kappa shape index (κ3) is 5.75. The van der Waals surface area contributed by atoms with Gasteiger partial charge in [-0.2, -0.15) is 5.26 Å². The Labute approximate surface area is 87.3 Å². The van der Waals surface area contributed by atoms with Gasteiger partial charge in [-0.3, -0.25) is 4.79 Å². The van der Waals surface area contributed by atoms with Crippen molar-refractivity contribution >= 4 is 5.78 Å². The summed E-state index contributed by atoms with van der Waals surface area (Å²) < 4.78 is 0. The number of hydrogen-bond acceptors (Lipinski definition) is 2. The fourth-order valence-electron chi connectivity index (χ4n) is 1.37. The first kappa shape index (κ1) is 13.2. The lowest BCUT2D eigenvalue weighted by molar-refractivity contribution is -0.123. The monoisotopic (exact) mass is 195 g/mol. The molecule has 0 fully saturated rings. The molecule has 0 N–H and O–H groups in total. The van der Waals surface area contributed by atoms with E-state index in [1.165, 1.54) is 0 Å². The number of nitriles is 1. The molecule has 0 saturated carbocycles. The normalized spacial score (nSPS) is 13.8. The Morgan fingerprint density at radius 2 is 1.86 bits per heavy atom. The third-order valence-corrected chi connectivity index (χ3v) is 1.96. The van der Waals surface area contributed by atoms with E-state index in [4.69, 9.17) is 5.26 Å². The molecule has 0 aromatic heterocycles. The maximum atomic E-state index is 11.7. The van der Waals surface area contributed by atoms with Crippen molar-refractivity contribution in [1.29, 1.82) is 5.26 Å². The zero-order valence-electron chi connectivity index (χ0n) is 9.92. The molecule has 0 heterocycles. The highest BCUT2D eigenvalue weighted by molar-refractivity contribution is 5.83. The standard InChI is InChI=1S/C12H21NO/c1-9(2)6-10(8-13)11(14)7-12(3,4)5/h9-10H,6-7H2,1-5H3. The lowest BCUT2D eigenvalue weighted by atomic mass is 9.83. The van der Waals surface area contributed by atoms with Crippen LogP contribution in [0.1, 0.15) is 47.5 Å². The van der Waals surface area contributed by atoms with Crippen LogP contribution in [0.5, 0.6) is 0 Å². The van der Waals surface area contributed by atoms with Crippen molar-refractivity contribution in [2.24, 2.45) is 17.3 Å². The Kier molecular flexibility index (Phi) is 4.83. The summed E-state index contributed by atoms with van der Waals surface area (Å²) in [4.78, 5) is 11.7. The zero-order chi connectivity index (χ0) is 11.4. The molecule has 80 valence electrons. The van der Waals surface area contributed by atoms with Crippen molar-refractivity contribution in [1.82, 2.24) is 0 Å². The van der Waals surface area contributed by atoms with Gasteiger partial charge in [0.2, 0.25) is 0 Å². The van der Waals surface area contributed by atoms with E-state index < -0.39 is 5.92 Å². The predicted molar refractivity (Wildman–Crippen MR) is 57.6 cm³/mol. The topological polar surface area (TPSA) is 40.9 Å². The van der Waals surface area contributed by atoms with Gasteiger partial charge in [-0.15, -0.1) is 0 Å². The number of Topliss-reactive ketones (excluding diaryl/α,β-unsaturated/α-hetero) is 1. The second-order valence-electron chi connectivity index (χ2n) is 5.51. The van der Waals surface area contributed by atoms with Gasteiger partial charge in [0.1, 0.15) is 5.92 Å². The summed E-state index contributed by atoms with van der Waals surface area (Å²) in [6.07, 6.45) is 1.18. The second-order valence-corrected chi connectivity index (χ2v) is 5.51. The van der Waals surface area contributed by atoms with Gasteiger partial charge in [-0.1, -0.05) is 34.6 Å². The molecule has 0 aromatic carbocycles. The second kappa shape index (κ2) is 5.14. The van der Waals surface area contributed by atoms with E-state index in [1.54, 1.807) is 0 Å². The number of hydrogen-bond donors (Lipinski definition) is 0. The molecule has 0 bridgehead atoms. The van der Waals surface area contributed by atoms with Crippen LogP contribution in [0.4, 0.5) is 0 Å². The number of carbonyl (C=O) groups is 1. The first-order valence-corrected chi connectivity index (χ1v) is 5.18. The minimum atomic E-state index is -0.408. The molecule has 0 amide bonds. The van der Waals surface area contributed by atoms with Crippen LogP contribution in [0.25, 0.3) is 0 Å². The van der Waals surface area contributed by atoms with Gasteiger partial charge >= 0.3 is 0 Å². The molecule has 2 heteroatoms. The van der Waals surface area contributed by atoms with Crippen LogP contribution in [0.2, 0.25) is 0 Å². The quantitative estimate of drug-likeness (QED) is 0.691. The number of rotatable bonds is 4. The summed E-state index contributed by atoms with van der Waals surface area (Å²) >= 11 is 0. The van der Waals surface area contributed by atoms with Gasteiger partial charge in [0.25, 0.3) is 0 Å². The lowest BCUT2D eigenvalue weighted by Crippen LogP contribution is -2.21. The van der Waals surface area contributed by atoms with Crippen LogP contribution >= 0.6 is 0 Å². The molecule has 1 unspecified atom stereocenters. The minimum absolute atomic E-state index is 0.0108. The first-order chi connectivity index (χ1) is 6.26. The Bertz CT molecular complexity index is 230. The molecule has 0 radical (unpaired) electrons. The van der Waals surface area contributed by atoms with Crippen molar-refractivity contribution in [2.75, 3.05) is 0 Å². The first-order valence-electron chi connectivity index (χ1n) is 5.18. The van der Waals surface area contributed by atoms with Gasteiger partial charge in [0.05, 0.1) is 6.07 Å². The van der Waals surface area contributed by atoms with Crippen LogP contribution in [0.15, 0.2) is 0 Å². The van der Waals surface area contributed by atoms with Crippen molar-refractivity contribution in [2.45, 2.75) is 47.5 Å². The fourth-order valence-corrected chi connectivity index (χ4v) is 1.37. The number of carbonyl (C=O) groups excluding carboxylic acids is 1. The molecular formula is C12H21NO. The molecule has 0 spiro atoms. The molecule has 0 aromatic rings. The molecule has 14 heavy (non-hydrogen) atoms. The van der Waals surface area contributed by atoms with E-state index in [-0.39, 0.29) is 11.2 Å². The molecule has 0 aliphatic rings. The molecule has 0 rings (SSSR count). The highest BCUT2D eigenvalue weighted by Crippen LogP contribution is 2.23. The molecule has 2 nitrogen and oxygen atoms in total. The summed E-state index contributed by atoms with van der Waals surface area (Å²) in [5.41, 5.74) is -0.0108. The average Bonchev–Trinajstić information content (AvgIpc) is 1.96. The summed E-state index contributed by atoms with van der Waals surface area (Å²) in [5.74, 6) is 0.0893. The summed E-state index contributed by atoms with van der Waals surface area (Å²) in [6.45, 7) is 10.1. The molecular weight excluding hydrogens is 174 g/mol. The van der Waals surface area contributed by atoms with E-state index in [0.717, 1.165) is 0 Å². The largest absolute Gasteiger partial charge is 0.298 e. The van der Waals surface area contributed by atoms with Crippen LogP contribution in [-0.4, -0.2) is 5.78 Å². The Balaban J connectivity index is 4.28. The Morgan fingerprint density at radius 1 is 1.36 bits per heavy atom.